The lowest BCUT2D eigenvalue weighted by Gasteiger charge is -2.31. The average Bonchev–Trinajstić information content (AvgIpc) is 3.04. The molecule has 0 aromatic heterocycles. The van der Waals surface area contributed by atoms with Crippen LogP contribution < -0.4 is 10.6 Å². The minimum atomic E-state index is -0.341. The van der Waals surface area contributed by atoms with Gasteiger partial charge in [-0.3, -0.25) is 9.59 Å². The van der Waals surface area contributed by atoms with Crippen molar-refractivity contribution in [2.75, 3.05) is 13.1 Å². The zero-order valence-corrected chi connectivity index (χ0v) is 15.5. The Labute approximate surface area is 151 Å². The second-order valence-electron chi connectivity index (χ2n) is 6.75. The highest BCUT2D eigenvalue weighted by molar-refractivity contribution is 9.10. The Morgan fingerprint density at radius 2 is 2.00 bits per heavy atom. The zero-order valence-electron chi connectivity index (χ0n) is 13.9. The first-order chi connectivity index (χ1) is 11.5. The number of benzene rings is 1. The van der Waals surface area contributed by atoms with Crippen molar-refractivity contribution >= 4 is 27.7 Å². The minimum Gasteiger partial charge on any atom is -0.351 e. The molecule has 3 unspecified atom stereocenters. The number of piperidine rings is 1. The molecule has 0 aliphatic carbocycles. The average molecular weight is 394 g/mol. The number of halogens is 1. The van der Waals surface area contributed by atoms with Crippen LogP contribution in [-0.4, -0.2) is 47.9 Å². The van der Waals surface area contributed by atoms with Gasteiger partial charge in [0.1, 0.15) is 6.04 Å². The first kappa shape index (κ1) is 17.4. The molecule has 1 aromatic rings. The minimum absolute atomic E-state index is 0.00272. The van der Waals surface area contributed by atoms with Crippen molar-refractivity contribution in [3.8, 4) is 0 Å². The van der Waals surface area contributed by atoms with Crippen molar-refractivity contribution in [3.63, 3.8) is 0 Å². The van der Waals surface area contributed by atoms with E-state index in [4.69, 9.17) is 0 Å². The summed E-state index contributed by atoms with van der Waals surface area (Å²) < 4.78 is 0.940. The molecule has 2 N–H and O–H groups in total. The topological polar surface area (TPSA) is 61.4 Å². The summed E-state index contributed by atoms with van der Waals surface area (Å²) in [4.78, 5) is 27.2. The number of carbonyl (C=O) groups is 2. The van der Waals surface area contributed by atoms with Gasteiger partial charge in [0.25, 0.3) is 5.91 Å². The number of nitrogens with one attached hydrogen (secondary N) is 2. The number of rotatable bonds is 3. The van der Waals surface area contributed by atoms with Crippen LogP contribution in [0, 0.1) is 0 Å². The summed E-state index contributed by atoms with van der Waals surface area (Å²) in [6, 6.07) is 7.60. The molecule has 2 aliphatic heterocycles. The standard InChI is InChI=1S/C18H24BrN3O2/c1-12-11-15(8-9-20-12)21-17(23)16-3-2-10-22(16)18(24)13-4-6-14(19)7-5-13/h4-7,12,15-16,20H,2-3,8-11H2,1H3,(H,21,23). The van der Waals surface area contributed by atoms with Crippen LogP contribution in [0.2, 0.25) is 0 Å². The number of amides is 2. The molecular weight excluding hydrogens is 370 g/mol. The Kier molecular flexibility index (Phi) is 5.56. The van der Waals surface area contributed by atoms with Gasteiger partial charge in [-0.25, -0.2) is 0 Å². The van der Waals surface area contributed by atoms with Gasteiger partial charge < -0.3 is 15.5 Å². The predicted molar refractivity (Wildman–Crippen MR) is 96.8 cm³/mol. The van der Waals surface area contributed by atoms with Crippen LogP contribution in [0.4, 0.5) is 0 Å². The van der Waals surface area contributed by atoms with E-state index in [1.807, 2.05) is 12.1 Å². The maximum absolute atomic E-state index is 12.7. The molecule has 2 saturated heterocycles. The summed E-state index contributed by atoms with van der Waals surface area (Å²) in [6.45, 7) is 3.71. The molecule has 2 amide bonds. The lowest BCUT2D eigenvalue weighted by molar-refractivity contribution is -0.125. The Balaban J connectivity index is 1.65. The summed E-state index contributed by atoms with van der Waals surface area (Å²) >= 11 is 3.38. The fraction of sp³-hybridized carbons (Fsp3) is 0.556. The summed E-state index contributed by atoms with van der Waals surface area (Å²) in [7, 11) is 0. The van der Waals surface area contributed by atoms with Crippen LogP contribution in [-0.2, 0) is 4.79 Å². The van der Waals surface area contributed by atoms with Gasteiger partial charge >= 0.3 is 0 Å². The fourth-order valence-corrected chi connectivity index (χ4v) is 3.87. The fourth-order valence-electron chi connectivity index (χ4n) is 3.60. The van der Waals surface area contributed by atoms with E-state index >= 15 is 0 Å². The molecule has 6 heteroatoms. The molecule has 0 radical (unpaired) electrons. The first-order valence-electron chi connectivity index (χ1n) is 8.65. The molecular formula is C18H24BrN3O2. The summed E-state index contributed by atoms with van der Waals surface area (Å²) in [5.41, 5.74) is 0.633. The third kappa shape index (κ3) is 3.98. The quantitative estimate of drug-likeness (QED) is 0.827. The number of nitrogens with zero attached hydrogens (tertiary/aromatic N) is 1. The normalized spacial score (nSPS) is 27.1. The number of hydrogen-bond donors (Lipinski definition) is 2. The predicted octanol–water partition coefficient (Wildman–Crippen LogP) is 2.31. The third-order valence-corrected chi connectivity index (χ3v) is 5.41. The van der Waals surface area contributed by atoms with E-state index in [0.29, 0.717) is 18.2 Å². The maximum atomic E-state index is 12.7. The maximum Gasteiger partial charge on any atom is 0.254 e. The van der Waals surface area contributed by atoms with Gasteiger partial charge in [0, 0.05) is 28.7 Å². The lowest BCUT2D eigenvalue weighted by atomic mass is 10.00. The molecule has 2 fully saturated rings. The highest BCUT2D eigenvalue weighted by Gasteiger charge is 2.35. The van der Waals surface area contributed by atoms with Crippen molar-refractivity contribution in [3.05, 3.63) is 34.3 Å². The SMILES string of the molecule is CC1CC(NC(=O)C2CCCN2C(=O)c2ccc(Br)cc2)CCN1. The molecule has 3 atom stereocenters. The van der Waals surface area contributed by atoms with Crippen molar-refractivity contribution in [1.82, 2.24) is 15.5 Å². The molecule has 0 spiro atoms. The molecule has 5 nitrogen and oxygen atoms in total. The van der Waals surface area contributed by atoms with Crippen LogP contribution in [0.15, 0.2) is 28.7 Å². The number of hydrogen-bond acceptors (Lipinski definition) is 3. The van der Waals surface area contributed by atoms with Crippen LogP contribution in [0.5, 0.6) is 0 Å². The van der Waals surface area contributed by atoms with Gasteiger partial charge in [-0.15, -0.1) is 0 Å². The Hall–Kier alpha value is -1.40. The number of carbonyl (C=O) groups excluding carboxylic acids is 2. The monoisotopic (exact) mass is 393 g/mol. The molecule has 2 aliphatic rings. The highest BCUT2D eigenvalue weighted by atomic mass is 79.9. The van der Waals surface area contributed by atoms with Crippen LogP contribution in [0.25, 0.3) is 0 Å². The molecule has 2 heterocycles. The second kappa shape index (κ2) is 7.66. The Morgan fingerprint density at radius 3 is 2.71 bits per heavy atom. The smallest absolute Gasteiger partial charge is 0.254 e. The summed E-state index contributed by atoms with van der Waals surface area (Å²) in [6.07, 6.45) is 3.51. The molecule has 1 aromatic carbocycles. The van der Waals surface area contributed by atoms with Crippen LogP contribution in [0.3, 0.4) is 0 Å². The molecule has 130 valence electrons. The van der Waals surface area contributed by atoms with E-state index < -0.39 is 0 Å². The zero-order chi connectivity index (χ0) is 17.1. The largest absolute Gasteiger partial charge is 0.351 e. The highest BCUT2D eigenvalue weighted by Crippen LogP contribution is 2.22. The van der Waals surface area contributed by atoms with Crippen LogP contribution >= 0.6 is 15.9 Å². The van der Waals surface area contributed by atoms with E-state index in [9.17, 15) is 9.59 Å². The van der Waals surface area contributed by atoms with Gasteiger partial charge in [-0.1, -0.05) is 15.9 Å². The van der Waals surface area contributed by atoms with Gasteiger partial charge in [-0.05, 0) is 63.4 Å². The summed E-state index contributed by atoms with van der Waals surface area (Å²) in [5.74, 6) is -0.0594. The van der Waals surface area contributed by atoms with Crippen molar-refractivity contribution in [2.45, 2.75) is 50.7 Å². The van der Waals surface area contributed by atoms with Crippen molar-refractivity contribution in [1.29, 1.82) is 0 Å². The van der Waals surface area contributed by atoms with E-state index in [0.717, 1.165) is 36.7 Å². The van der Waals surface area contributed by atoms with Gasteiger partial charge in [0.2, 0.25) is 5.91 Å². The lowest BCUT2D eigenvalue weighted by Crippen LogP contribution is -2.52. The van der Waals surface area contributed by atoms with Gasteiger partial charge in [0.05, 0.1) is 0 Å². The van der Waals surface area contributed by atoms with E-state index in [2.05, 4.69) is 33.5 Å². The van der Waals surface area contributed by atoms with E-state index in [1.165, 1.54) is 0 Å². The third-order valence-electron chi connectivity index (χ3n) is 4.88. The van der Waals surface area contributed by atoms with E-state index in [-0.39, 0.29) is 23.9 Å². The summed E-state index contributed by atoms with van der Waals surface area (Å²) in [5, 5.41) is 6.54. The van der Waals surface area contributed by atoms with Crippen molar-refractivity contribution < 1.29 is 9.59 Å². The molecule has 24 heavy (non-hydrogen) atoms. The van der Waals surface area contributed by atoms with Crippen molar-refractivity contribution in [2.24, 2.45) is 0 Å². The van der Waals surface area contributed by atoms with Crippen LogP contribution in [0.1, 0.15) is 43.0 Å². The number of likely N-dealkylation sites (tertiary alicyclic amines) is 1. The Morgan fingerprint density at radius 1 is 1.25 bits per heavy atom. The molecule has 0 bridgehead atoms. The van der Waals surface area contributed by atoms with Gasteiger partial charge in [0.15, 0.2) is 0 Å². The second-order valence-corrected chi connectivity index (χ2v) is 7.66. The Bertz CT molecular complexity index is 605. The van der Waals surface area contributed by atoms with E-state index in [1.54, 1.807) is 17.0 Å². The van der Waals surface area contributed by atoms with Gasteiger partial charge in [-0.2, -0.15) is 0 Å². The first-order valence-corrected chi connectivity index (χ1v) is 9.44. The molecule has 3 rings (SSSR count). The molecule has 0 saturated carbocycles.